The second-order valence-corrected chi connectivity index (χ2v) is 2.97. The molecule has 0 heterocycles. The standard InChI is InChI=1S/C7H12O/c1-5-8-6-7(2,3)4/h1H,6H2,2-4H3. The van der Waals surface area contributed by atoms with Crippen LogP contribution in [0, 0.1) is 17.9 Å². The monoisotopic (exact) mass is 112 g/mol. The molecule has 0 unspecified atom stereocenters. The van der Waals surface area contributed by atoms with E-state index in [0.717, 1.165) is 0 Å². The molecule has 0 aromatic rings. The maximum Gasteiger partial charge on any atom is 0.106 e. The van der Waals surface area contributed by atoms with Crippen molar-refractivity contribution in [3.63, 3.8) is 0 Å². The molecule has 0 N–H and O–H groups in total. The predicted molar refractivity (Wildman–Crippen MR) is 34.2 cm³/mol. The molecule has 0 aliphatic carbocycles. The van der Waals surface area contributed by atoms with Crippen LogP contribution in [0.3, 0.4) is 0 Å². The lowest BCUT2D eigenvalue weighted by atomic mass is 9.99. The van der Waals surface area contributed by atoms with Crippen molar-refractivity contribution >= 4 is 0 Å². The second kappa shape index (κ2) is 2.61. The molecule has 0 atom stereocenters. The van der Waals surface area contributed by atoms with Crippen molar-refractivity contribution in [3.05, 3.63) is 0 Å². The van der Waals surface area contributed by atoms with E-state index in [1.807, 2.05) is 0 Å². The number of hydrogen-bond acceptors (Lipinski definition) is 1. The van der Waals surface area contributed by atoms with Crippen molar-refractivity contribution < 1.29 is 4.74 Å². The van der Waals surface area contributed by atoms with Gasteiger partial charge in [0.2, 0.25) is 0 Å². The molecule has 1 nitrogen and oxygen atoms in total. The van der Waals surface area contributed by atoms with E-state index in [0.29, 0.717) is 6.61 Å². The summed E-state index contributed by atoms with van der Waals surface area (Å²) in [7, 11) is 0. The lowest BCUT2D eigenvalue weighted by Crippen LogP contribution is -2.12. The Balaban J connectivity index is 3.28. The second-order valence-electron chi connectivity index (χ2n) is 2.97. The predicted octanol–water partition coefficient (Wildman–Crippen LogP) is 1.64. The molecule has 0 bridgehead atoms. The molecular formula is C7H12O. The fourth-order valence-electron chi connectivity index (χ4n) is 0.258. The molecule has 0 rings (SSSR count). The van der Waals surface area contributed by atoms with Crippen LogP contribution in [-0.4, -0.2) is 6.61 Å². The molecular weight excluding hydrogens is 100 g/mol. The highest BCUT2D eigenvalue weighted by Crippen LogP contribution is 2.11. The van der Waals surface area contributed by atoms with Crippen LogP contribution in [0.1, 0.15) is 20.8 Å². The van der Waals surface area contributed by atoms with E-state index in [-0.39, 0.29) is 5.41 Å². The largest absolute Gasteiger partial charge is 0.446 e. The van der Waals surface area contributed by atoms with Crippen LogP contribution in [-0.2, 0) is 4.74 Å². The summed E-state index contributed by atoms with van der Waals surface area (Å²) in [5, 5.41) is 0. The molecule has 46 valence electrons. The molecule has 1 heteroatoms. The normalized spacial score (nSPS) is 10.2. The zero-order chi connectivity index (χ0) is 6.62. The Labute approximate surface area is 51.0 Å². The summed E-state index contributed by atoms with van der Waals surface area (Å²) >= 11 is 0. The Kier molecular flexibility index (Phi) is 2.41. The van der Waals surface area contributed by atoms with Gasteiger partial charge in [0, 0.05) is 0 Å². The van der Waals surface area contributed by atoms with E-state index >= 15 is 0 Å². The molecule has 0 fully saturated rings. The lowest BCUT2D eigenvalue weighted by molar-refractivity contribution is 0.170. The Morgan fingerprint density at radius 2 is 2.00 bits per heavy atom. The summed E-state index contributed by atoms with van der Waals surface area (Å²) in [6.45, 7) is 6.85. The molecule has 0 saturated carbocycles. The van der Waals surface area contributed by atoms with E-state index in [4.69, 9.17) is 11.2 Å². The first-order valence-corrected chi connectivity index (χ1v) is 2.64. The van der Waals surface area contributed by atoms with Gasteiger partial charge in [-0.2, -0.15) is 0 Å². The third kappa shape index (κ3) is 5.36. The molecule has 0 aromatic carbocycles. The summed E-state index contributed by atoms with van der Waals surface area (Å²) in [5.41, 5.74) is 0.187. The number of rotatable bonds is 1. The van der Waals surface area contributed by atoms with Gasteiger partial charge >= 0.3 is 0 Å². The summed E-state index contributed by atoms with van der Waals surface area (Å²) in [5.74, 6) is 0. The first-order chi connectivity index (χ1) is 3.56. The van der Waals surface area contributed by atoms with Gasteiger partial charge in [0.25, 0.3) is 0 Å². The van der Waals surface area contributed by atoms with Crippen LogP contribution >= 0.6 is 0 Å². The van der Waals surface area contributed by atoms with E-state index < -0.39 is 0 Å². The van der Waals surface area contributed by atoms with E-state index in [9.17, 15) is 0 Å². The van der Waals surface area contributed by atoms with Crippen LogP contribution in [0.15, 0.2) is 0 Å². The summed E-state index contributed by atoms with van der Waals surface area (Å²) in [6.07, 6.45) is 6.99. The van der Waals surface area contributed by atoms with Gasteiger partial charge in [0.05, 0.1) is 0 Å². The molecule has 0 amide bonds. The van der Waals surface area contributed by atoms with Gasteiger partial charge in [0.15, 0.2) is 0 Å². The minimum atomic E-state index is 0.187. The van der Waals surface area contributed by atoms with Crippen LogP contribution in [0.2, 0.25) is 0 Å². The molecule has 8 heavy (non-hydrogen) atoms. The molecule has 0 aliphatic heterocycles. The van der Waals surface area contributed by atoms with Crippen molar-refractivity contribution in [2.45, 2.75) is 20.8 Å². The first kappa shape index (κ1) is 7.36. The van der Waals surface area contributed by atoms with Crippen LogP contribution in [0.5, 0.6) is 0 Å². The van der Waals surface area contributed by atoms with Crippen molar-refractivity contribution in [2.75, 3.05) is 6.61 Å². The molecule has 0 radical (unpaired) electrons. The molecule has 0 aliphatic rings. The first-order valence-electron chi connectivity index (χ1n) is 2.64. The van der Waals surface area contributed by atoms with Crippen LogP contribution in [0.4, 0.5) is 0 Å². The number of hydrogen-bond donors (Lipinski definition) is 0. The Bertz CT molecular complexity index is 91.9. The Hall–Kier alpha value is -0.640. The highest BCUT2D eigenvalue weighted by atomic mass is 16.5. The van der Waals surface area contributed by atoms with Crippen LogP contribution in [0.25, 0.3) is 0 Å². The van der Waals surface area contributed by atoms with Gasteiger partial charge < -0.3 is 4.74 Å². The Morgan fingerprint density at radius 3 is 2.12 bits per heavy atom. The third-order valence-corrected chi connectivity index (χ3v) is 0.589. The van der Waals surface area contributed by atoms with Gasteiger partial charge in [-0.1, -0.05) is 27.2 Å². The van der Waals surface area contributed by atoms with Gasteiger partial charge in [-0.15, -0.1) is 0 Å². The summed E-state index contributed by atoms with van der Waals surface area (Å²) in [4.78, 5) is 0. The highest BCUT2D eigenvalue weighted by molar-refractivity contribution is 4.71. The molecule has 0 saturated heterocycles. The minimum absolute atomic E-state index is 0.187. The summed E-state index contributed by atoms with van der Waals surface area (Å²) in [6, 6.07) is 0. The lowest BCUT2D eigenvalue weighted by Gasteiger charge is -2.14. The van der Waals surface area contributed by atoms with Gasteiger partial charge in [-0.25, -0.2) is 0 Å². The molecule has 0 aromatic heterocycles. The fourth-order valence-corrected chi connectivity index (χ4v) is 0.258. The topological polar surface area (TPSA) is 9.23 Å². The number of ether oxygens (including phenoxy) is 1. The van der Waals surface area contributed by atoms with E-state index in [2.05, 4.69) is 26.9 Å². The number of terminal acetylenes is 1. The zero-order valence-corrected chi connectivity index (χ0v) is 5.69. The van der Waals surface area contributed by atoms with Crippen molar-refractivity contribution in [1.29, 1.82) is 0 Å². The van der Waals surface area contributed by atoms with Gasteiger partial charge in [-0.05, 0) is 5.41 Å². The Morgan fingerprint density at radius 1 is 1.50 bits per heavy atom. The smallest absolute Gasteiger partial charge is 0.106 e. The minimum Gasteiger partial charge on any atom is -0.446 e. The fraction of sp³-hybridized carbons (Fsp3) is 0.714. The van der Waals surface area contributed by atoms with Crippen molar-refractivity contribution in [2.24, 2.45) is 5.41 Å². The SMILES string of the molecule is C#COCC(C)(C)C. The van der Waals surface area contributed by atoms with E-state index in [1.165, 1.54) is 0 Å². The van der Waals surface area contributed by atoms with Crippen LogP contribution < -0.4 is 0 Å². The maximum absolute atomic E-state index is 4.86. The quantitative estimate of drug-likeness (QED) is 0.468. The van der Waals surface area contributed by atoms with Gasteiger partial charge in [0.1, 0.15) is 12.7 Å². The average Bonchev–Trinajstić information content (AvgIpc) is 1.59. The summed E-state index contributed by atoms with van der Waals surface area (Å²) < 4.78 is 4.73. The van der Waals surface area contributed by atoms with Crippen molar-refractivity contribution in [1.82, 2.24) is 0 Å². The average molecular weight is 112 g/mol. The third-order valence-electron chi connectivity index (χ3n) is 0.589. The maximum atomic E-state index is 4.86. The van der Waals surface area contributed by atoms with E-state index in [1.54, 1.807) is 0 Å². The zero-order valence-electron chi connectivity index (χ0n) is 5.69. The highest BCUT2D eigenvalue weighted by Gasteiger charge is 2.08. The van der Waals surface area contributed by atoms with Crippen molar-refractivity contribution in [3.8, 4) is 12.5 Å². The van der Waals surface area contributed by atoms with Gasteiger partial charge in [-0.3, -0.25) is 0 Å². The molecule has 0 spiro atoms.